The number of rotatable bonds is 3. The van der Waals surface area contributed by atoms with E-state index in [-0.39, 0.29) is 11.9 Å². The van der Waals surface area contributed by atoms with E-state index in [2.05, 4.69) is 31.3 Å². The maximum Gasteiger partial charge on any atom is 0.131 e. The minimum Gasteiger partial charge on any atom is -0.488 e. The molecule has 3 heteroatoms. The molecular formula is C18H20FNO. The van der Waals surface area contributed by atoms with Crippen molar-refractivity contribution < 1.29 is 9.13 Å². The van der Waals surface area contributed by atoms with E-state index in [4.69, 9.17) is 4.74 Å². The van der Waals surface area contributed by atoms with Crippen molar-refractivity contribution >= 4 is 0 Å². The van der Waals surface area contributed by atoms with Crippen LogP contribution in [0.5, 0.6) is 5.75 Å². The minimum absolute atomic E-state index is 0.0786. The Kier molecular flexibility index (Phi) is 3.68. The lowest BCUT2D eigenvalue weighted by molar-refractivity contribution is 0.232. The highest BCUT2D eigenvalue weighted by molar-refractivity contribution is 5.78. The van der Waals surface area contributed by atoms with Gasteiger partial charge in [-0.15, -0.1) is 0 Å². The second kappa shape index (κ2) is 5.49. The largest absolute Gasteiger partial charge is 0.488 e. The highest BCUT2D eigenvalue weighted by Gasteiger charge is 2.27. The van der Waals surface area contributed by atoms with Crippen LogP contribution in [0, 0.1) is 19.7 Å². The fraction of sp³-hybridized carbons (Fsp3) is 0.333. The van der Waals surface area contributed by atoms with E-state index in [0.29, 0.717) is 0 Å². The van der Waals surface area contributed by atoms with Crippen LogP contribution in [0.25, 0.3) is 11.1 Å². The topological polar surface area (TPSA) is 21.3 Å². The predicted octanol–water partition coefficient (Wildman–Crippen LogP) is 3.63. The molecule has 3 rings (SSSR count). The van der Waals surface area contributed by atoms with Gasteiger partial charge in [0.1, 0.15) is 17.7 Å². The first kappa shape index (κ1) is 14.1. The number of aryl methyl sites for hydroxylation is 2. The van der Waals surface area contributed by atoms with Crippen LogP contribution in [0.3, 0.4) is 0 Å². The number of nitrogens with one attached hydrogen (secondary N) is 1. The average Bonchev–Trinajstić information content (AvgIpc) is 2.81. The van der Waals surface area contributed by atoms with Crippen LogP contribution in [0.15, 0.2) is 30.3 Å². The van der Waals surface area contributed by atoms with Crippen LogP contribution in [-0.2, 0) is 6.42 Å². The summed E-state index contributed by atoms with van der Waals surface area (Å²) in [6.45, 7) is 4.88. The molecule has 2 aromatic carbocycles. The molecule has 0 radical (unpaired) electrons. The summed E-state index contributed by atoms with van der Waals surface area (Å²) in [6.07, 6.45) is 0.834. The standard InChI is InChI=1S/C18H20FNO/c1-11-5-4-6-12(2)17(11)16-9-14(19)7-13-8-15(10-20-3)21-18(13)16/h4-7,9,15,20H,8,10H2,1-3H3. The van der Waals surface area contributed by atoms with Gasteiger partial charge in [-0.2, -0.15) is 0 Å². The molecule has 1 aliphatic rings. The first-order chi connectivity index (χ1) is 10.1. The smallest absolute Gasteiger partial charge is 0.131 e. The van der Waals surface area contributed by atoms with E-state index in [1.54, 1.807) is 12.1 Å². The normalized spacial score (nSPS) is 16.7. The van der Waals surface area contributed by atoms with Gasteiger partial charge in [-0.05, 0) is 49.7 Å². The van der Waals surface area contributed by atoms with Crippen molar-refractivity contribution in [3.8, 4) is 16.9 Å². The Balaban J connectivity index is 2.14. The van der Waals surface area contributed by atoms with Gasteiger partial charge in [0, 0.05) is 24.1 Å². The molecule has 2 aromatic rings. The molecule has 0 spiro atoms. The monoisotopic (exact) mass is 285 g/mol. The second-order valence-corrected chi connectivity index (χ2v) is 5.71. The van der Waals surface area contributed by atoms with Crippen molar-refractivity contribution in [1.82, 2.24) is 5.32 Å². The van der Waals surface area contributed by atoms with Gasteiger partial charge in [0.05, 0.1) is 0 Å². The lowest BCUT2D eigenvalue weighted by Gasteiger charge is -2.15. The van der Waals surface area contributed by atoms with E-state index in [1.165, 1.54) is 0 Å². The zero-order chi connectivity index (χ0) is 15.0. The highest BCUT2D eigenvalue weighted by atomic mass is 19.1. The molecule has 1 aliphatic heterocycles. The Morgan fingerprint density at radius 3 is 2.62 bits per heavy atom. The van der Waals surface area contributed by atoms with Gasteiger partial charge in [0.15, 0.2) is 0 Å². The third-order valence-corrected chi connectivity index (χ3v) is 4.04. The molecule has 1 unspecified atom stereocenters. The number of hydrogen-bond acceptors (Lipinski definition) is 2. The summed E-state index contributed by atoms with van der Waals surface area (Å²) in [5, 5.41) is 3.12. The van der Waals surface area contributed by atoms with Gasteiger partial charge in [0.25, 0.3) is 0 Å². The first-order valence-electron chi connectivity index (χ1n) is 7.30. The maximum atomic E-state index is 14.0. The Labute approximate surface area is 125 Å². The van der Waals surface area contributed by atoms with E-state index in [0.717, 1.165) is 46.5 Å². The Bertz CT molecular complexity index is 661. The molecule has 0 amide bonds. The molecule has 0 fully saturated rings. The molecule has 0 saturated heterocycles. The van der Waals surface area contributed by atoms with E-state index >= 15 is 0 Å². The maximum absolute atomic E-state index is 14.0. The summed E-state index contributed by atoms with van der Waals surface area (Å²) >= 11 is 0. The van der Waals surface area contributed by atoms with Crippen molar-refractivity contribution in [1.29, 1.82) is 0 Å². The van der Waals surface area contributed by atoms with Crippen molar-refractivity contribution in [2.24, 2.45) is 0 Å². The van der Waals surface area contributed by atoms with Gasteiger partial charge >= 0.3 is 0 Å². The van der Waals surface area contributed by atoms with Crippen LogP contribution in [-0.4, -0.2) is 19.7 Å². The van der Waals surface area contributed by atoms with E-state index < -0.39 is 0 Å². The van der Waals surface area contributed by atoms with Crippen molar-refractivity contribution in [2.75, 3.05) is 13.6 Å². The molecule has 0 aliphatic carbocycles. The zero-order valence-corrected chi connectivity index (χ0v) is 12.7. The van der Waals surface area contributed by atoms with Crippen LogP contribution in [0.4, 0.5) is 4.39 Å². The Morgan fingerprint density at radius 2 is 1.95 bits per heavy atom. The Morgan fingerprint density at radius 1 is 1.24 bits per heavy atom. The molecule has 110 valence electrons. The van der Waals surface area contributed by atoms with Gasteiger partial charge in [0.2, 0.25) is 0 Å². The molecule has 1 atom stereocenters. The van der Waals surface area contributed by atoms with Gasteiger partial charge in [-0.3, -0.25) is 0 Å². The number of fused-ring (bicyclic) bond motifs is 1. The molecule has 1 heterocycles. The van der Waals surface area contributed by atoms with Crippen molar-refractivity contribution in [2.45, 2.75) is 26.4 Å². The average molecular weight is 285 g/mol. The van der Waals surface area contributed by atoms with Crippen molar-refractivity contribution in [3.63, 3.8) is 0 Å². The molecule has 1 N–H and O–H groups in total. The number of likely N-dealkylation sites (N-methyl/N-ethyl adjacent to an activating group) is 1. The molecular weight excluding hydrogens is 265 g/mol. The van der Waals surface area contributed by atoms with Crippen LogP contribution in [0.2, 0.25) is 0 Å². The van der Waals surface area contributed by atoms with Crippen molar-refractivity contribution in [3.05, 3.63) is 52.8 Å². The SMILES string of the molecule is CNCC1Cc2cc(F)cc(-c3c(C)cccc3C)c2O1. The first-order valence-corrected chi connectivity index (χ1v) is 7.30. The summed E-state index contributed by atoms with van der Waals surface area (Å²) in [7, 11) is 1.90. The molecule has 0 saturated carbocycles. The van der Waals surface area contributed by atoms with Gasteiger partial charge < -0.3 is 10.1 Å². The van der Waals surface area contributed by atoms with Gasteiger partial charge in [-0.1, -0.05) is 18.2 Å². The quantitative estimate of drug-likeness (QED) is 0.929. The van der Waals surface area contributed by atoms with E-state index in [9.17, 15) is 4.39 Å². The fourth-order valence-electron chi connectivity index (χ4n) is 3.16. The summed E-state index contributed by atoms with van der Waals surface area (Å²) in [4.78, 5) is 0. The summed E-state index contributed by atoms with van der Waals surface area (Å²) in [5.41, 5.74) is 5.21. The number of halogens is 1. The third-order valence-electron chi connectivity index (χ3n) is 4.04. The number of hydrogen-bond donors (Lipinski definition) is 1. The van der Waals surface area contributed by atoms with Crippen LogP contribution < -0.4 is 10.1 Å². The number of ether oxygens (including phenoxy) is 1. The summed E-state index contributed by atoms with van der Waals surface area (Å²) < 4.78 is 20.1. The summed E-state index contributed by atoms with van der Waals surface area (Å²) in [5.74, 6) is 0.647. The third kappa shape index (κ3) is 2.54. The minimum atomic E-state index is -0.194. The Hall–Kier alpha value is -1.87. The second-order valence-electron chi connectivity index (χ2n) is 5.71. The molecule has 0 bridgehead atoms. The number of benzene rings is 2. The van der Waals surface area contributed by atoms with Gasteiger partial charge in [-0.25, -0.2) is 4.39 Å². The molecule has 0 aromatic heterocycles. The van der Waals surface area contributed by atoms with Crippen LogP contribution >= 0.6 is 0 Å². The lowest BCUT2D eigenvalue weighted by atomic mass is 9.93. The molecule has 2 nitrogen and oxygen atoms in total. The van der Waals surface area contributed by atoms with E-state index in [1.807, 2.05) is 13.1 Å². The molecule has 21 heavy (non-hydrogen) atoms. The zero-order valence-electron chi connectivity index (χ0n) is 12.7. The lowest BCUT2D eigenvalue weighted by Crippen LogP contribution is -2.27. The van der Waals surface area contributed by atoms with Crippen LogP contribution in [0.1, 0.15) is 16.7 Å². The predicted molar refractivity (Wildman–Crippen MR) is 83.4 cm³/mol. The fourth-order valence-corrected chi connectivity index (χ4v) is 3.16. The highest BCUT2D eigenvalue weighted by Crippen LogP contribution is 2.41. The summed E-state index contributed by atoms with van der Waals surface area (Å²) in [6, 6.07) is 9.33.